The van der Waals surface area contributed by atoms with Crippen molar-refractivity contribution < 1.29 is 10.0 Å². The van der Waals surface area contributed by atoms with Crippen molar-refractivity contribution in [1.82, 2.24) is 4.98 Å². The fourth-order valence-corrected chi connectivity index (χ4v) is 1.56. The Morgan fingerprint density at radius 3 is 2.94 bits per heavy atom. The zero-order chi connectivity index (χ0) is 12.8. The van der Waals surface area contributed by atoms with Gasteiger partial charge in [-0.05, 0) is 19.4 Å². The van der Waals surface area contributed by atoms with E-state index in [1.54, 1.807) is 13.0 Å². The first-order valence-corrected chi connectivity index (χ1v) is 5.58. The largest absolute Gasteiger partial charge is 0.391 e. The van der Waals surface area contributed by atoms with E-state index in [1.165, 1.54) is 6.20 Å². The lowest BCUT2D eigenvalue weighted by Gasteiger charge is -2.11. The summed E-state index contributed by atoms with van der Waals surface area (Å²) in [5.41, 5.74) is 0.522. The molecular formula is C11H17N3O3. The van der Waals surface area contributed by atoms with Gasteiger partial charge in [-0.25, -0.2) is 4.98 Å². The zero-order valence-corrected chi connectivity index (χ0v) is 10.0. The van der Waals surface area contributed by atoms with Gasteiger partial charge >= 0.3 is 5.69 Å². The number of nitrogens with zero attached hydrogens (tertiary/aromatic N) is 2. The Kier molecular flexibility index (Phi) is 4.84. The van der Waals surface area contributed by atoms with Crippen LogP contribution in [0.1, 0.15) is 25.3 Å². The van der Waals surface area contributed by atoms with Crippen LogP contribution in [0.2, 0.25) is 0 Å². The van der Waals surface area contributed by atoms with Gasteiger partial charge in [0.15, 0.2) is 0 Å². The normalized spacial score (nSPS) is 12.2. The topological polar surface area (TPSA) is 88.3 Å². The average Bonchev–Trinajstić information content (AvgIpc) is 2.26. The van der Waals surface area contributed by atoms with Crippen LogP contribution in [0, 0.1) is 17.0 Å². The summed E-state index contributed by atoms with van der Waals surface area (Å²) in [5, 5.41) is 23.2. The number of aromatic nitrogens is 1. The predicted octanol–water partition coefficient (Wildman–Crippen LogP) is 1.87. The fraction of sp³-hybridized carbons (Fsp3) is 0.545. The molecular weight excluding hydrogens is 222 g/mol. The van der Waals surface area contributed by atoms with Crippen LogP contribution in [0.4, 0.5) is 11.5 Å². The summed E-state index contributed by atoms with van der Waals surface area (Å²) >= 11 is 0. The van der Waals surface area contributed by atoms with E-state index < -0.39 is 11.0 Å². The summed E-state index contributed by atoms with van der Waals surface area (Å²) in [6.07, 6.45) is 2.53. The molecule has 0 bridgehead atoms. The Morgan fingerprint density at radius 2 is 2.35 bits per heavy atom. The molecule has 0 aliphatic heterocycles. The molecule has 2 N–H and O–H groups in total. The second kappa shape index (κ2) is 6.15. The van der Waals surface area contributed by atoms with E-state index in [-0.39, 0.29) is 18.1 Å². The number of aliphatic hydroxyl groups is 1. The van der Waals surface area contributed by atoms with Crippen LogP contribution >= 0.6 is 0 Å². The summed E-state index contributed by atoms with van der Waals surface area (Å²) in [6.45, 7) is 3.90. The molecule has 0 saturated carbocycles. The number of anilines is 1. The molecule has 94 valence electrons. The third kappa shape index (κ3) is 3.67. The first-order chi connectivity index (χ1) is 8.06. The molecule has 1 aromatic rings. The Hall–Kier alpha value is -1.69. The number of aliphatic hydroxyl groups excluding tert-OH is 1. The van der Waals surface area contributed by atoms with E-state index in [2.05, 4.69) is 10.3 Å². The SMILES string of the molecule is CCCC(O)CNc1nccc(C)c1[N+](=O)[O-]. The van der Waals surface area contributed by atoms with Gasteiger partial charge in [0, 0.05) is 18.3 Å². The van der Waals surface area contributed by atoms with Crippen LogP contribution in [-0.2, 0) is 0 Å². The van der Waals surface area contributed by atoms with E-state index >= 15 is 0 Å². The van der Waals surface area contributed by atoms with Gasteiger partial charge in [-0.2, -0.15) is 0 Å². The molecule has 6 heteroatoms. The Bertz CT molecular complexity index is 396. The lowest BCUT2D eigenvalue weighted by atomic mass is 10.2. The van der Waals surface area contributed by atoms with Crippen LogP contribution in [0.25, 0.3) is 0 Å². The van der Waals surface area contributed by atoms with Crippen LogP contribution < -0.4 is 5.32 Å². The number of hydrogen-bond donors (Lipinski definition) is 2. The van der Waals surface area contributed by atoms with E-state index in [1.807, 2.05) is 6.92 Å². The summed E-state index contributed by atoms with van der Waals surface area (Å²) < 4.78 is 0. The molecule has 0 fully saturated rings. The Labute approximate surface area is 99.8 Å². The van der Waals surface area contributed by atoms with Gasteiger partial charge in [0.25, 0.3) is 0 Å². The van der Waals surface area contributed by atoms with Crippen LogP contribution in [0.3, 0.4) is 0 Å². The van der Waals surface area contributed by atoms with Crippen molar-refractivity contribution in [1.29, 1.82) is 0 Å². The monoisotopic (exact) mass is 239 g/mol. The molecule has 0 amide bonds. The maximum absolute atomic E-state index is 10.9. The number of nitro groups is 1. The molecule has 17 heavy (non-hydrogen) atoms. The predicted molar refractivity (Wildman–Crippen MR) is 65.0 cm³/mol. The molecule has 6 nitrogen and oxygen atoms in total. The van der Waals surface area contributed by atoms with Crippen molar-refractivity contribution in [3.8, 4) is 0 Å². The minimum Gasteiger partial charge on any atom is -0.391 e. The fourth-order valence-electron chi connectivity index (χ4n) is 1.56. The molecule has 0 aromatic carbocycles. The molecule has 0 radical (unpaired) electrons. The standard InChI is InChI=1S/C11H17N3O3/c1-3-4-9(15)7-13-11-10(14(16)17)8(2)5-6-12-11/h5-6,9,15H,3-4,7H2,1-2H3,(H,12,13). The molecule has 0 aliphatic rings. The molecule has 0 aliphatic carbocycles. The van der Waals surface area contributed by atoms with Crippen LogP contribution in [0.15, 0.2) is 12.3 Å². The first kappa shape index (κ1) is 13.4. The molecule has 0 spiro atoms. The van der Waals surface area contributed by atoms with Crippen molar-refractivity contribution in [3.63, 3.8) is 0 Å². The maximum atomic E-state index is 10.9. The van der Waals surface area contributed by atoms with E-state index in [4.69, 9.17) is 0 Å². The number of aryl methyl sites for hydroxylation is 1. The summed E-state index contributed by atoms with van der Waals surface area (Å²) in [6, 6.07) is 1.59. The van der Waals surface area contributed by atoms with Crippen molar-refractivity contribution in [3.05, 3.63) is 27.9 Å². The minimum absolute atomic E-state index is 0.0313. The number of pyridine rings is 1. The van der Waals surface area contributed by atoms with Crippen LogP contribution in [-0.4, -0.2) is 27.7 Å². The molecule has 1 heterocycles. The quantitative estimate of drug-likeness (QED) is 0.584. The lowest BCUT2D eigenvalue weighted by Crippen LogP contribution is -2.20. The van der Waals surface area contributed by atoms with Gasteiger partial charge in [-0.3, -0.25) is 10.1 Å². The first-order valence-electron chi connectivity index (χ1n) is 5.58. The minimum atomic E-state index is -0.512. The molecule has 1 rings (SSSR count). The van der Waals surface area contributed by atoms with Gasteiger partial charge < -0.3 is 10.4 Å². The highest BCUT2D eigenvalue weighted by molar-refractivity contribution is 5.59. The van der Waals surface area contributed by atoms with Crippen LogP contribution in [0.5, 0.6) is 0 Å². The third-order valence-electron chi connectivity index (χ3n) is 2.44. The maximum Gasteiger partial charge on any atom is 0.314 e. The summed E-state index contributed by atoms with van der Waals surface area (Å²) in [7, 11) is 0. The van der Waals surface area contributed by atoms with E-state index in [0.717, 1.165) is 6.42 Å². The number of nitrogens with one attached hydrogen (secondary N) is 1. The highest BCUT2D eigenvalue weighted by Gasteiger charge is 2.18. The molecule has 0 saturated heterocycles. The van der Waals surface area contributed by atoms with Gasteiger partial charge in [0.05, 0.1) is 11.0 Å². The van der Waals surface area contributed by atoms with Gasteiger partial charge in [0.2, 0.25) is 5.82 Å². The van der Waals surface area contributed by atoms with E-state index in [0.29, 0.717) is 12.0 Å². The summed E-state index contributed by atoms with van der Waals surface area (Å²) in [4.78, 5) is 14.3. The lowest BCUT2D eigenvalue weighted by molar-refractivity contribution is -0.384. The Morgan fingerprint density at radius 1 is 1.65 bits per heavy atom. The van der Waals surface area contributed by atoms with Gasteiger partial charge in [-0.1, -0.05) is 13.3 Å². The van der Waals surface area contributed by atoms with E-state index in [9.17, 15) is 15.2 Å². The highest BCUT2D eigenvalue weighted by Crippen LogP contribution is 2.25. The number of rotatable bonds is 6. The van der Waals surface area contributed by atoms with Crippen molar-refractivity contribution in [2.45, 2.75) is 32.8 Å². The zero-order valence-electron chi connectivity index (χ0n) is 10.0. The molecule has 1 aromatic heterocycles. The smallest absolute Gasteiger partial charge is 0.314 e. The highest BCUT2D eigenvalue weighted by atomic mass is 16.6. The van der Waals surface area contributed by atoms with Crippen molar-refractivity contribution >= 4 is 11.5 Å². The number of hydrogen-bond acceptors (Lipinski definition) is 5. The molecule has 1 unspecified atom stereocenters. The Balaban J connectivity index is 2.77. The average molecular weight is 239 g/mol. The van der Waals surface area contributed by atoms with Gasteiger partial charge in [-0.15, -0.1) is 0 Å². The van der Waals surface area contributed by atoms with Gasteiger partial charge in [0.1, 0.15) is 0 Å². The van der Waals surface area contributed by atoms with Crippen molar-refractivity contribution in [2.24, 2.45) is 0 Å². The van der Waals surface area contributed by atoms with Crippen molar-refractivity contribution in [2.75, 3.05) is 11.9 Å². The third-order valence-corrected chi connectivity index (χ3v) is 2.44. The second-order valence-corrected chi connectivity index (χ2v) is 3.91. The molecule has 1 atom stereocenters. The summed E-state index contributed by atoms with van der Waals surface area (Å²) in [5.74, 6) is 0.213. The second-order valence-electron chi connectivity index (χ2n) is 3.91.